The Kier molecular flexibility index (Phi) is 2.35. The number of rotatable bonds is 1. The molecule has 0 unspecified atom stereocenters. The fourth-order valence-electron chi connectivity index (χ4n) is 1.32. The Morgan fingerprint density at radius 1 is 1.25 bits per heavy atom. The van der Waals surface area contributed by atoms with E-state index in [0.29, 0.717) is 17.0 Å². The highest BCUT2D eigenvalue weighted by Crippen LogP contribution is 2.16. The van der Waals surface area contributed by atoms with E-state index in [-0.39, 0.29) is 11.8 Å². The first kappa shape index (κ1) is 10.2. The van der Waals surface area contributed by atoms with Crippen LogP contribution in [-0.2, 0) is 4.79 Å². The lowest BCUT2D eigenvalue weighted by atomic mass is 10.4. The molecular weight excluding hydrogens is 210 g/mol. The van der Waals surface area contributed by atoms with E-state index in [9.17, 15) is 9.59 Å². The molecule has 7 nitrogen and oxygen atoms in total. The zero-order valence-corrected chi connectivity index (χ0v) is 8.76. The van der Waals surface area contributed by atoms with Gasteiger partial charge in [0.1, 0.15) is 12.7 Å². The molecule has 2 aromatic rings. The molecule has 2 rings (SSSR count). The second-order valence-electron chi connectivity index (χ2n) is 3.21. The molecule has 7 heteroatoms. The Bertz CT molecular complexity index is 574. The fourth-order valence-corrected chi connectivity index (χ4v) is 1.32. The SMILES string of the molecule is CC(=O)Nc1ncnc2c1ncn2C(C)=O. The van der Waals surface area contributed by atoms with E-state index in [1.54, 1.807) is 0 Å². The van der Waals surface area contributed by atoms with E-state index in [1.807, 2.05) is 0 Å². The van der Waals surface area contributed by atoms with E-state index in [0.717, 1.165) is 0 Å². The molecule has 0 bridgehead atoms. The third-order valence-electron chi connectivity index (χ3n) is 1.97. The second-order valence-corrected chi connectivity index (χ2v) is 3.21. The Hall–Kier alpha value is -2.31. The van der Waals surface area contributed by atoms with E-state index in [2.05, 4.69) is 20.3 Å². The van der Waals surface area contributed by atoms with Crippen molar-refractivity contribution in [1.82, 2.24) is 19.5 Å². The van der Waals surface area contributed by atoms with Gasteiger partial charge in [-0.15, -0.1) is 0 Å². The maximum absolute atomic E-state index is 11.2. The van der Waals surface area contributed by atoms with E-state index < -0.39 is 0 Å². The van der Waals surface area contributed by atoms with Crippen molar-refractivity contribution in [1.29, 1.82) is 0 Å². The molecule has 2 aromatic heterocycles. The zero-order chi connectivity index (χ0) is 11.7. The molecule has 82 valence electrons. The third-order valence-corrected chi connectivity index (χ3v) is 1.97. The van der Waals surface area contributed by atoms with Crippen LogP contribution in [0.5, 0.6) is 0 Å². The van der Waals surface area contributed by atoms with Crippen molar-refractivity contribution >= 4 is 28.8 Å². The van der Waals surface area contributed by atoms with Crippen LogP contribution < -0.4 is 5.32 Å². The first-order valence-electron chi connectivity index (χ1n) is 4.56. The minimum atomic E-state index is -0.252. The van der Waals surface area contributed by atoms with Gasteiger partial charge in [-0.05, 0) is 0 Å². The van der Waals surface area contributed by atoms with Crippen LogP contribution in [0.4, 0.5) is 5.82 Å². The summed E-state index contributed by atoms with van der Waals surface area (Å²) in [7, 11) is 0. The normalized spacial score (nSPS) is 10.4. The Morgan fingerprint density at radius 2 is 2.00 bits per heavy atom. The summed E-state index contributed by atoms with van der Waals surface area (Å²) >= 11 is 0. The van der Waals surface area contributed by atoms with Gasteiger partial charge in [-0.2, -0.15) is 0 Å². The molecule has 0 aromatic carbocycles. The third kappa shape index (κ3) is 1.62. The Labute approximate surface area is 90.5 Å². The number of aromatic nitrogens is 4. The van der Waals surface area contributed by atoms with Gasteiger partial charge in [0, 0.05) is 13.8 Å². The van der Waals surface area contributed by atoms with Gasteiger partial charge in [0.2, 0.25) is 11.8 Å². The first-order valence-corrected chi connectivity index (χ1v) is 4.56. The summed E-state index contributed by atoms with van der Waals surface area (Å²) < 4.78 is 1.29. The average Bonchev–Trinajstić information content (AvgIpc) is 2.61. The van der Waals surface area contributed by atoms with Gasteiger partial charge in [0.25, 0.3) is 0 Å². The topological polar surface area (TPSA) is 89.8 Å². The fraction of sp³-hybridized carbons (Fsp3) is 0.222. The number of fused-ring (bicyclic) bond motifs is 1. The summed E-state index contributed by atoms with van der Waals surface area (Å²) in [6.45, 7) is 2.78. The summed E-state index contributed by atoms with van der Waals surface area (Å²) in [6.07, 6.45) is 2.63. The standard InChI is InChI=1S/C9H9N5O2/c1-5(15)13-8-7-9(11-3-10-8)14(4-12-7)6(2)16/h3-4H,1-2H3,(H,10,11,13,15). The molecule has 0 atom stereocenters. The molecule has 0 spiro atoms. The molecule has 16 heavy (non-hydrogen) atoms. The zero-order valence-electron chi connectivity index (χ0n) is 8.76. The molecule has 0 radical (unpaired) electrons. The van der Waals surface area contributed by atoms with Crippen LogP contribution >= 0.6 is 0 Å². The Balaban J connectivity index is 2.61. The van der Waals surface area contributed by atoms with Gasteiger partial charge in [0.05, 0.1) is 0 Å². The molecule has 0 aliphatic carbocycles. The lowest BCUT2D eigenvalue weighted by Crippen LogP contribution is -2.09. The number of nitrogens with one attached hydrogen (secondary N) is 1. The molecule has 0 aliphatic heterocycles. The van der Waals surface area contributed by atoms with Gasteiger partial charge >= 0.3 is 0 Å². The molecule has 0 saturated heterocycles. The van der Waals surface area contributed by atoms with Crippen molar-refractivity contribution in [2.75, 3.05) is 5.32 Å². The maximum Gasteiger partial charge on any atom is 0.230 e. The number of imidazole rings is 1. The highest BCUT2D eigenvalue weighted by molar-refractivity contribution is 5.97. The number of amides is 1. The van der Waals surface area contributed by atoms with Crippen molar-refractivity contribution in [3.63, 3.8) is 0 Å². The highest BCUT2D eigenvalue weighted by atomic mass is 16.2. The van der Waals surface area contributed by atoms with Crippen LogP contribution in [0.3, 0.4) is 0 Å². The predicted molar refractivity (Wildman–Crippen MR) is 55.9 cm³/mol. The highest BCUT2D eigenvalue weighted by Gasteiger charge is 2.12. The summed E-state index contributed by atoms with van der Waals surface area (Å²) in [4.78, 5) is 34.0. The number of hydrogen-bond acceptors (Lipinski definition) is 5. The predicted octanol–water partition coefficient (Wildman–Crippen LogP) is 0.445. The van der Waals surface area contributed by atoms with Crippen LogP contribution in [0.1, 0.15) is 18.6 Å². The smallest absolute Gasteiger partial charge is 0.230 e. The number of anilines is 1. The van der Waals surface area contributed by atoms with Crippen LogP contribution in [-0.4, -0.2) is 31.3 Å². The van der Waals surface area contributed by atoms with Gasteiger partial charge in [-0.3, -0.25) is 14.2 Å². The largest absolute Gasteiger partial charge is 0.309 e. The van der Waals surface area contributed by atoms with Crippen molar-refractivity contribution in [2.45, 2.75) is 13.8 Å². The lowest BCUT2D eigenvalue weighted by Gasteiger charge is -2.01. The molecule has 1 amide bonds. The maximum atomic E-state index is 11.2. The number of hydrogen-bond donors (Lipinski definition) is 1. The van der Waals surface area contributed by atoms with Crippen LogP contribution in [0.25, 0.3) is 11.2 Å². The van der Waals surface area contributed by atoms with Crippen LogP contribution in [0, 0.1) is 0 Å². The van der Waals surface area contributed by atoms with E-state index in [4.69, 9.17) is 0 Å². The number of carbonyl (C=O) groups excluding carboxylic acids is 2. The summed E-state index contributed by atoms with van der Waals surface area (Å²) in [5, 5.41) is 2.52. The lowest BCUT2D eigenvalue weighted by molar-refractivity contribution is -0.114. The monoisotopic (exact) mass is 219 g/mol. The average molecular weight is 219 g/mol. The first-order chi connectivity index (χ1) is 7.59. The molecule has 2 heterocycles. The quantitative estimate of drug-likeness (QED) is 0.751. The Morgan fingerprint density at radius 3 is 2.62 bits per heavy atom. The van der Waals surface area contributed by atoms with Crippen molar-refractivity contribution in [3.05, 3.63) is 12.7 Å². The second kappa shape index (κ2) is 3.69. The molecule has 1 N–H and O–H groups in total. The van der Waals surface area contributed by atoms with E-state index >= 15 is 0 Å². The van der Waals surface area contributed by atoms with Crippen molar-refractivity contribution in [3.8, 4) is 0 Å². The summed E-state index contributed by atoms with van der Waals surface area (Å²) in [5.41, 5.74) is 0.777. The molecule has 0 saturated carbocycles. The van der Waals surface area contributed by atoms with Gasteiger partial charge in [-0.1, -0.05) is 0 Å². The van der Waals surface area contributed by atoms with Gasteiger partial charge in [0.15, 0.2) is 17.0 Å². The summed E-state index contributed by atoms with van der Waals surface area (Å²) in [5.74, 6) is -0.148. The van der Waals surface area contributed by atoms with Crippen molar-refractivity contribution in [2.24, 2.45) is 0 Å². The summed E-state index contributed by atoms with van der Waals surface area (Å²) in [6, 6.07) is 0. The minimum Gasteiger partial charge on any atom is -0.309 e. The molecular formula is C9H9N5O2. The number of nitrogens with zero attached hydrogens (tertiary/aromatic N) is 4. The van der Waals surface area contributed by atoms with Gasteiger partial charge in [-0.25, -0.2) is 15.0 Å². The van der Waals surface area contributed by atoms with Crippen LogP contribution in [0.2, 0.25) is 0 Å². The van der Waals surface area contributed by atoms with E-state index in [1.165, 1.54) is 31.1 Å². The van der Waals surface area contributed by atoms with Crippen molar-refractivity contribution < 1.29 is 9.59 Å². The van der Waals surface area contributed by atoms with Gasteiger partial charge < -0.3 is 5.32 Å². The van der Waals surface area contributed by atoms with Crippen LogP contribution in [0.15, 0.2) is 12.7 Å². The molecule has 0 fully saturated rings. The minimum absolute atomic E-state index is 0.199. The molecule has 0 aliphatic rings. The number of carbonyl (C=O) groups is 2.